The highest BCUT2D eigenvalue weighted by Crippen LogP contribution is 2.29. The van der Waals surface area contributed by atoms with Crippen LogP contribution in [0.1, 0.15) is 12.8 Å². The van der Waals surface area contributed by atoms with Crippen molar-refractivity contribution >= 4 is 0 Å². The molecule has 84 valence electrons. The molecule has 14 heavy (non-hydrogen) atoms. The summed E-state index contributed by atoms with van der Waals surface area (Å²) in [4.78, 5) is 0. The Hall–Kier alpha value is -0.160. The molecule has 0 atom stereocenters. The fraction of sp³-hybridized carbons (Fsp3) is 1.00. The Morgan fingerprint density at radius 2 is 2.14 bits per heavy atom. The van der Waals surface area contributed by atoms with Gasteiger partial charge in [0.15, 0.2) is 0 Å². The third kappa shape index (κ3) is 3.53. The maximum absolute atomic E-state index is 8.69. The number of nitrogens with one attached hydrogen (secondary N) is 1. The SMILES string of the molecule is COCC1(CNCCO)CCOCC1. The normalized spacial score (nSPS) is 21.0. The van der Waals surface area contributed by atoms with E-state index in [2.05, 4.69) is 5.32 Å². The van der Waals surface area contributed by atoms with E-state index in [0.29, 0.717) is 6.54 Å². The number of rotatable bonds is 6. The van der Waals surface area contributed by atoms with Crippen LogP contribution in [0.25, 0.3) is 0 Å². The van der Waals surface area contributed by atoms with Crippen molar-refractivity contribution in [2.75, 3.05) is 46.6 Å². The lowest BCUT2D eigenvalue weighted by atomic mass is 9.81. The molecule has 0 unspecified atom stereocenters. The van der Waals surface area contributed by atoms with E-state index >= 15 is 0 Å². The van der Waals surface area contributed by atoms with Crippen LogP contribution in [-0.4, -0.2) is 51.7 Å². The number of hydrogen-bond donors (Lipinski definition) is 2. The van der Waals surface area contributed by atoms with Gasteiger partial charge in [-0.05, 0) is 12.8 Å². The lowest BCUT2D eigenvalue weighted by Gasteiger charge is -2.36. The lowest BCUT2D eigenvalue weighted by Crippen LogP contribution is -2.43. The fourth-order valence-electron chi connectivity index (χ4n) is 1.92. The van der Waals surface area contributed by atoms with Crippen molar-refractivity contribution in [1.29, 1.82) is 0 Å². The summed E-state index contributed by atoms with van der Waals surface area (Å²) in [5, 5.41) is 11.9. The van der Waals surface area contributed by atoms with Crippen LogP contribution in [0.15, 0.2) is 0 Å². The van der Waals surface area contributed by atoms with Gasteiger partial charge in [-0.2, -0.15) is 0 Å². The van der Waals surface area contributed by atoms with Crippen molar-refractivity contribution < 1.29 is 14.6 Å². The summed E-state index contributed by atoms with van der Waals surface area (Å²) >= 11 is 0. The summed E-state index contributed by atoms with van der Waals surface area (Å²) in [5.74, 6) is 0. The molecule has 4 nitrogen and oxygen atoms in total. The van der Waals surface area contributed by atoms with Crippen LogP contribution in [0, 0.1) is 5.41 Å². The average Bonchev–Trinajstić information content (AvgIpc) is 2.20. The first-order valence-electron chi connectivity index (χ1n) is 5.21. The predicted octanol–water partition coefficient (Wildman–Crippen LogP) is 0.0115. The summed E-state index contributed by atoms with van der Waals surface area (Å²) in [6.45, 7) is 4.18. The summed E-state index contributed by atoms with van der Waals surface area (Å²) in [6, 6.07) is 0. The topological polar surface area (TPSA) is 50.7 Å². The summed E-state index contributed by atoms with van der Waals surface area (Å²) in [6.07, 6.45) is 2.08. The minimum absolute atomic E-state index is 0.194. The van der Waals surface area contributed by atoms with Crippen LogP contribution in [0.4, 0.5) is 0 Å². The second-order valence-electron chi connectivity index (χ2n) is 3.95. The highest BCUT2D eigenvalue weighted by Gasteiger charge is 2.32. The molecule has 1 aliphatic heterocycles. The molecule has 1 heterocycles. The van der Waals surface area contributed by atoms with Crippen molar-refractivity contribution in [2.45, 2.75) is 12.8 Å². The van der Waals surface area contributed by atoms with Crippen molar-refractivity contribution in [1.82, 2.24) is 5.32 Å². The maximum atomic E-state index is 8.69. The molecule has 1 aliphatic rings. The zero-order chi connectivity index (χ0) is 10.3. The van der Waals surface area contributed by atoms with Gasteiger partial charge < -0.3 is 19.9 Å². The summed E-state index contributed by atoms with van der Waals surface area (Å²) in [5.41, 5.74) is 0.210. The van der Waals surface area contributed by atoms with E-state index in [1.165, 1.54) is 0 Å². The quantitative estimate of drug-likeness (QED) is 0.597. The van der Waals surface area contributed by atoms with E-state index in [-0.39, 0.29) is 12.0 Å². The number of aliphatic hydroxyl groups is 1. The Bertz CT molecular complexity index is 141. The Morgan fingerprint density at radius 3 is 2.71 bits per heavy atom. The number of hydrogen-bond acceptors (Lipinski definition) is 4. The molecule has 0 aliphatic carbocycles. The molecule has 0 aromatic heterocycles. The maximum Gasteiger partial charge on any atom is 0.0555 e. The molecular formula is C10H21NO3. The van der Waals surface area contributed by atoms with E-state index in [1.54, 1.807) is 7.11 Å². The fourth-order valence-corrected chi connectivity index (χ4v) is 1.92. The molecule has 1 rings (SSSR count). The number of methoxy groups -OCH3 is 1. The third-order valence-corrected chi connectivity index (χ3v) is 2.79. The molecule has 4 heteroatoms. The van der Waals surface area contributed by atoms with E-state index < -0.39 is 0 Å². The first-order valence-corrected chi connectivity index (χ1v) is 5.21. The van der Waals surface area contributed by atoms with E-state index in [1.807, 2.05) is 0 Å². The highest BCUT2D eigenvalue weighted by molar-refractivity contribution is 4.83. The Kier molecular flexibility index (Phi) is 5.40. The van der Waals surface area contributed by atoms with Crippen LogP contribution < -0.4 is 5.32 Å². The molecule has 1 fully saturated rings. The highest BCUT2D eigenvalue weighted by atomic mass is 16.5. The minimum Gasteiger partial charge on any atom is -0.395 e. The molecule has 2 N–H and O–H groups in total. The van der Waals surface area contributed by atoms with Gasteiger partial charge in [0.05, 0.1) is 13.2 Å². The summed E-state index contributed by atoms with van der Waals surface area (Å²) in [7, 11) is 1.74. The number of ether oxygens (including phenoxy) is 2. The second-order valence-corrected chi connectivity index (χ2v) is 3.95. The molecular weight excluding hydrogens is 182 g/mol. The minimum atomic E-state index is 0.194. The van der Waals surface area contributed by atoms with Gasteiger partial charge in [0.25, 0.3) is 0 Å². The van der Waals surface area contributed by atoms with Gasteiger partial charge in [-0.3, -0.25) is 0 Å². The van der Waals surface area contributed by atoms with Crippen molar-refractivity contribution in [3.63, 3.8) is 0 Å². The Balaban J connectivity index is 2.34. The van der Waals surface area contributed by atoms with Crippen LogP contribution in [-0.2, 0) is 9.47 Å². The molecule has 0 saturated carbocycles. The van der Waals surface area contributed by atoms with E-state index in [0.717, 1.165) is 39.2 Å². The standard InChI is InChI=1S/C10H21NO3/c1-13-9-10(8-11-4-5-12)2-6-14-7-3-10/h11-12H,2-9H2,1H3. The largest absolute Gasteiger partial charge is 0.395 e. The molecule has 1 saturated heterocycles. The first-order chi connectivity index (χ1) is 6.83. The molecule has 0 aromatic rings. The van der Waals surface area contributed by atoms with Crippen LogP contribution in [0.5, 0.6) is 0 Å². The third-order valence-electron chi connectivity index (χ3n) is 2.79. The van der Waals surface area contributed by atoms with Crippen molar-refractivity contribution in [3.8, 4) is 0 Å². The van der Waals surface area contributed by atoms with Gasteiger partial charge in [-0.25, -0.2) is 0 Å². The molecule has 0 amide bonds. The second kappa shape index (κ2) is 6.35. The molecule has 0 radical (unpaired) electrons. The van der Waals surface area contributed by atoms with Crippen molar-refractivity contribution in [3.05, 3.63) is 0 Å². The van der Waals surface area contributed by atoms with Gasteiger partial charge in [0.1, 0.15) is 0 Å². The first kappa shape index (κ1) is 11.9. The van der Waals surface area contributed by atoms with Crippen LogP contribution in [0.2, 0.25) is 0 Å². The molecule has 0 bridgehead atoms. The number of aliphatic hydroxyl groups excluding tert-OH is 1. The monoisotopic (exact) mass is 203 g/mol. The zero-order valence-corrected chi connectivity index (χ0v) is 8.92. The van der Waals surface area contributed by atoms with E-state index in [9.17, 15) is 0 Å². The zero-order valence-electron chi connectivity index (χ0n) is 8.92. The average molecular weight is 203 g/mol. The Morgan fingerprint density at radius 1 is 1.43 bits per heavy atom. The predicted molar refractivity (Wildman–Crippen MR) is 54.3 cm³/mol. The van der Waals surface area contributed by atoms with Gasteiger partial charge in [0.2, 0.25) is 0 Å². The lowest BCUT2D eigenvalue weighted by molar-refractivity contribution is -0.0270. The molecule has 0 spiro atoms. The van der Waals surface area contributed by atoms with Gasteiger partial charge >= 0.3 is 0 Å². The smallest absolute Gasteiger partial charge is 0.0555 e. The van der Waals surface area contributed by atoms with Crippen LogP contribution in [0.3, 0.4) is 0 Å². The van der Waals surface area contributed by atoms with Gasteiger partial charge in [-0.1, -0.05) is 0 Å². The van der Waals surface area contributed by atoms with Crippen LogP contribution >= 0.6 is 0 Å². The van der Waals surface area contributed by atoms with Gasteiger partial charge in [0, 0.05) is 38.8 Å². The molecule has 0 aromatic carbocycles. The van der Waals surface area contributed by atoms with E-state index in [4.69, 9.17) is 14.6 Å². The summed E-state index contributed by atoms with van der Waals surface area (Å²) < 4.78 is 10.6. The van der Waals surface area contributed by atoms with Crippen molar-refractivity contribution in [2.24, 2.45) is 5.41 Å². The Labute approximate surface area is 85.6 Å². The van der Waals surface area contributed by atoms with Gasteiger partial charge in [-0.15, -0.1) is 0 Å².